The number of ether oxygens (including phenoxy) is 5. The van der Waals surface area contributed by atoms with Gasteiger partial charge in [0.05, 0.1) is 70.3 Å². The van der Waals surface area contributed by atoms with Crippen LogP contribution in [-0.2, 0) is 78.7 Å². The van der Waals surface area contributed by atoms with Gasteiger partial charge in [-0.25, -0.2) is 29.0 Å². The van der Waals surface area contributed by atoms with E-state index in [9.17, 15) is 51.7 Å². The Morgan fingerprint density at radius 3 is 2.14 bits per heavy atom. The molecule has 1 unspecified atom stereocenters. The van der Waals surface area contributed by atoms with E-state index in [1.807, 2.05) is 33.9 Å². The van der Waals surface area contributed by atoms with E-state index < -0.39 is 154 Å². The maximum absolute atomic E-state index is 17.3. The second kappa shape index (κ2) is 35.3. The summed E-state index contributed by atoms with van der Waals surface area (Å²) in [6.07, 6.45) is -13.2. The summed E-state index contributed by atoms with van der Waals surface area (Å²) in [5.41, 5.74) is -0.236. The fourth-order valence-electron chi connectivity index (χ4n) is 11.8. The van der Waals surface area contributed by atoms with Crippen molar-refractivity contribution in [2.45, 2.75) is 224 Å². The van der Waals surface area contributed by atoms with Gasteiger partial charge in [0.25, 0.3) is 5.56 Å². The van der Waals surface area contributed by atoms with E-state index in [1.54, 1.807) is 6.20 Å². The second-order valence-electron chi connectivity index (χ2n) is 30.0. The van der Waals surface area contributed by atoms with Crippen molar-refractivity contribution in [3.8, 4) is 0 Å². The number of imidazole rings is 1. The summed E-state index contributed by atoms with van der Waals surface area (Å²) in [5.74, 6) is -2.69. The zero-order chi connectivity index (χ0) is 75.7. The van der Waals surface area contributed by atoms with E-state index >= 15 is 4.39 Å². The summed E-state index contributed by atoms with van der Waals surface area (Å²) in [5, 5.41) is 26.9. The molecule has 4 N–H and O–H groups in total. The number of fused-ring (bicyclic) bond motifs is 1. The zero-order valence-corrected chi connectivity index (χ0v) is 66.9. The van der Waals surface area contributed by atoms with E-state index in [2.05, 4.69) is 95.8 Å². The molecule has 40 heteroatoms. The number of alkyl halides is 4. The number of nitrogens with one attached hydrogen (secondary N) is 2. The molecular weight excluding hydrogens is 1460 g/mol. The van der Waals surface area contributed by atoms with Crippen molar-refractivity contribution in [1.29, 1.82) is 0 Å². The highest BCUT2D eigenvalue weighted by molar-refractivity contribution is 8.07. The number of aromatic nitrogens is 4. The molecule has 30 nitrogen and oxygen atoms in total. The Balaban J connectivity index is 0.00000198. The summed E-state index contributed by atoms with van der Waals surface area (Å²) in [4.78, 5) is 87.1. The fraction of sp³-hybridized carbons (Fsp3) is 0.758. The predicted molar refractivity (Wildman–Crippen MR) is 384 cm³/mol. The number of likely N-dealkylation sites (tertiary alicyclic amines) is 1. The lowest BCUT2D eigenvalue weighted by atomic mass is 9.96. The minimum absolute atomic E-state index is 0.00154. The first-order chi connectivity index (χ1) is 47.5. The molecule has 0 bridgehead atoms. The van der Waals surface area contributed by atoms with E-state index in [0.717, 1.165) is 17.7 Å². The zero-order valence-electron chi connectivity index (χ0n) is 61.2. The number of hydrogen-bond donors (Lipinski definition) is 4. The Hall–Kier alpha value is -4.74. The van der Waals surface area contributed by atoms with Gasteiger partial charge in [-0.15, -0.1) is 0 Å². The summed E-state index contributed by atoms with van der Waals surface area (Å²) in [6.45, 7) is 28.6. The smallest absolute Gasteiger partial charge is 0.450 e. The quantitative estimate of drug-likeness (QED) is 0.0180. The molecule has 0 saturated carbocycles. The van der Waals surface area contributed by atoms with Gasteiger partial charge in [0.1, 0.15) is 55.8 Å². The van der Waals surface area contributed by atoms with Crippen molar-refractivity contribution in [2.75, 3.05) is 79.0 Å². The Morgan fingerprint density at radius 1 is 0.873 bits per heavy atom. The summed E-state index contributed by atoms with van der Waals surface area (Å²) >= 11 is 6.32. The lowest BCUT2D eigenvalue weighted by molar-refractivity contribution is -0.189. The minimum atomic E-state index is -5.28. The van der Waals surface area contributed by atoms with Gasteiger partial charge in [-0.2, -0.15) is 28.4 Å². The van der Waals surface area contributed by atoms with Gasteiger partial charge in [-0.05, 0) is 112 Å². The molecular formula is C62H104F4N12O18P2SSi3. The number of hydrogen-bond acceptors (Lipinski definition) is 24. The van der Waals surface area contributed by atoms with Gasteiger partial charge < -0.3 is 72.1 Å². The maximum Gasteiger partial charge on any atom is 0.471 e. The number of hydrazone groups is 2. The van der Waals surface area contributed by atoms with Gasteiger partial charge in [-0.3, -0.25) is 32.6 Å². The second-order valence-corrected chi connectivity index (χ2v) is 49.6. The van der Waals surface area contributed by atoms with Gasteiger partial charge in [-0.1, -0.05) is 80.8 Å². The fourth-order valence-corrected chi connectivity index (χ4v) is 17.8. The number of rotatable bonds is 31. The largest absolute Gasteiger partial charge is 0.471 e. The van der Waals surface area contributed by atoms with E-state index in [4.69, 9.17) is 58.0 Å². The normalized spacial score (nSPS) is 24.3. The average Bonchev–Trinajstić information content (AvgIpc) is 1.59. The predicted octanol–water partition coefficient (Wildman–Crippen LogP) is 8.60. The first kappa shape index (κ1) is 84.5. The van der Waals surface area contributed by atoms with E-state index in [1.165, 1.54) is 71.5 Å². The highest BCUT2D eigenvalue weighted by atomic mass is 32.5. The highest BCUT2D eigenvalue weighted by Gasteiger charge is 2.58. The Bertz CT molecular complexity index is 3530. The molecule has 0 spiro atoms. The van der Waals surface area contributed by atoms with Crippen LogP contribution in [-0.4, -0.2) is 249 Å². The van der Waals surface area contributed by atoms with Crippen LogP contribution < -0.4 is 16.2 Å². The van der Waals surface area contributed by atoms with Crippen LogP contribution in [0.5, 0.6) is 0 Å². The number of aliphatic hydroxyl groups is 1. The first-order valence-electron chi connectivity index (χ1n) is 34.4. The number of carbonyl (C=O) groups excluding carboxylic acids is 4. The molecule has 11 atom stereocenters. The molecule has 5 aliphatic heterocycles. The molecule has 6 aliphatic rings. The molecule has 2 aromatic rings. The van der Waals surface area contributed by atoms with Crippen molar-refractivity contribution in [1.82, 2.24) is 49.6 Å². The lowest BCUT2D eigenvalue weighted by Gasteiger charge is -2.43. The van der Waals surface area contributed by atoms with Crippen molar-refractivity contribution < 1.29 is 97.5 Å². The van der Waals surface area contributed by atoms with Gasteiger partial charge >= 0.3 is 39.2 Å². The Morgan fingerprint density at radius 2 is 1.53 bits per heavy atom. The number of nitrogens with zero attached hydrogens (tertiary/aromatic N) is 10. The Kier molecular flexibility index (Phi) is 29.3. The van der Waals surface area contributed by atoms with Gasteiger partial charge in [0.15, 0.2) is 38.1 Å². The molecule has 0 aromatic carbocycles. The summed E-state index contributed by atoms with van der Waals surface area (Å²) < 4.78 is 137. The number of halogens is 4. The molecule has 4 amide bonds. The monoisotopic (exact) mass is 1560 g/mol. The van der Waals surface area contributed by atoms with Crippen LogP contribution >= 0.6 is 15.0 Å². The van der Waals surface area contributed by atoms with Gasteiger partial charge in [0.2, 0.25) is 5.91 Å². The molecule has 8 rings (SSSR count). The molecule has 102 heavy (non-hydrogen) atoms. The van der Waals surface area contributed by atoms with Crippen molar-refractivity contribution in [3.05, 3.63) is 45.9 Å². The van der Waals surface area contributed by atoms with Crippen LogP contribution in [0.3, 0.4) is 0 Å². The van der Waals surface area contributed by atoms with Crippen LogP contribution in [0.1, 0.15) is 87.3 Å². The van der Waals surface area contributed by atoms with E-state index in [0.29, 0.717) is 28.9 Å². The SMILES string of the molecule is CC(C)(O[P@@](=S)(OC[C@H]1O[C@@H](N2C=C3CCC4=C3C(=N2)C=NN(C(=O)OCC[Si](C)(C)C)C4)[C@H](F)[C@@H]1O[PH](=O)O)O[C@@H]1[C@H](O[Si](C)(C)C(C)(C)C)[C@@H](CO)O[C@H]1n1cnc2c(=O)n(CCOCNC(=O)CNC(=O)OCC[Si](C)(C)C)cnc21)[C@H]1CCCN1C(=O)C(F)(F)F.CCN(CC)CC. The van der Waals surface area contributed by atoms with Crippen LogP contribution in [0.4, 0.5) is 27.2 Å². The molecule has 7 heterocycles. The summed E-state index contributed by atoms with van der Waals surface area (Å²) in [7, 11) is -9.91. The highest BCUT2D eigenvalue weighted by Crippen LogP contribution is 2.59. The molecule has 3 saturated heterocycles. The Labute approximate surface area is 601 Å². The molecule has 3 fully saturated rings. The van der Waals surface area contributed by atoms with Crippen molar-refractivity contribution >= 4 is 98.3 Å². The van der Waals surface area contributed by atoms with Crippen LogP contribution in [0.15, 0.2) is 50.6 Å². The summed E-state index contributed by atoms with van der Waals surface area (Å²) in [6, 6.07) is 0.196. The van der Waals surface area contributed by atoms with Gasteiger partial charge in [0, 0.05) is 34.5 Å². The third-order valence-electron chi connectivity index (χ3n) is 18.6. The van der Waals surface area contributed by atoms with Crippen molar-refractivity contribution in [2.24, 2.45) is 10.2 Å². The van der Waals surface area contributed by atoms with Crippen LogP contribution in [0, 0.1) is 0 Å². The van der Waals surface area contributed by atoms with E-state index in [-0.39, 0.29) is 82.4 Å². The lowest BCUT2D eigenvalue weighted by Crippen LogP contribution is -2.53. The number of aliphatic hydroxyl groups excluding tert-OH is 1. The molecule has 2 aromatic heterocycles. The van der Waals surface area contributed by atoms with Crippen LogP contribution in [0.25, 0.3) is 11.2 Å². The maximum atomic E-state index is 17.3. The first-order valence-corrected chi connectivity index (χ1v) is 48.5. The topological polar surface area (TPSA) is 333 Å². The van der Waals surface area contributed by atoms with Crippen molar-refractivity contribution in [3.63, 3.8) is 0 Å². The molecule has 576 valence electrons. The third-order valence-corrected chi connectivity index (χ3v) is 29.4. The third kappa shape index (κ3) is 22.2. The molecule has 1 aliphatic carbocycles. The molecule has 0 radical (unpaired) electrons. The number of carbonyl (C=O) groups is 4. The average molecular weight is 1560 g/mol. The standard InChI is InChI=1S/C56H89F4N11O18P2SSi3.C6H15N/c1-54(2,3)95(12,13)88-45-37(29-72)84-50(69-32-62-43-47(69)63-31-67(48(43)74)19-20-80-33-64-40(73)26-61-52(76)81-21-23-93(6,7)8)46(45)87-91(92,89-55(4,5)39-15-14-18-68(39)51(75)56(58,59)60)83-30-38-44(86-90(78)79)42(57)49(85-38)70-27-34-16-17-35-28-71(65-25-36(66-70)41(34)35)53(77)82-22-24-94(9,10)11;1-4-7(5-2)6-3/h25,27,31-32,37-39,42,44-46,49-50,72,90H,14-24,26,28-30,33H2,1-13H3,(H,61,76)(H,64,73)(H,78,79);4-6H2,1-3H3/t37-,38-,39-,42-,44-,45-,46-,49-,50-,91-;/m1./s1. The minimum Gasteiger partial charge on any atom is -0.450 e. The number of amides is 4. The number of alkyl carbamates (subject to hydrolysis) is 1. The van der Waals surface area contributed by atoms with Crippen LogP contribution in [0.2, 0.25) is 69.5 Å². The number of allylic oxidation sites excluding steroid dienone is 2.